The van der Waals surface area contributed by atoms with Crippen LogP contribution >= 0.6 is 0 Å². The Labute approximate surface area is 220 Å². The summed E-state index contributed by atoms with van der Waals surface area (Å²) in [4.78, 5) is 22.6. The molecule has 1 fully saturated rings. The van der Waals surface area contributed by atoms with Crippen LogP contribution in [0.2, 0.25) is 0 Å². The Morgan fingerprint density at radius 3 is 2.67 bits per heavy atom. The van der Waals surface area contributed by atoms with Crippen molar-refractivity contribution in [1.82, 2.24) is 40.0 Å². The van der Waals surface area contributed by atoms with Gasteiger partial charge in [0, 0.05) is 67.2 Å². The molecule has 1 aliphatic heterocycles. The molecule has 6 heterocycles. The lowest BCUT2D eigenvalue weighted by molar-refractivity contribution is 0.0115. The number of hydrogen-bond donors (Lipinski definition) is 2. The molecule has 1 aliphatic rings. The number of halogens is 3. The highest BCUT2D eigenvalue weighted by atomic mass is 19.3. The van der Waals surface area contributed by atoms with Crippen LogP contribution in [0, 0.1) is 5.82 Å². The van der Waals surface area contributed by atoms with E-state index in [1.807, 2.05) is 12.1 Å². The number of H-pyrrole nitrogens is 2. The Morgan fingerprint density at radius 1 is 0.949 bits per heavy atom. The Bertz CT molecular complexity index is 1830. The van der Waals surface area contributed by atoms with E-state index >= 15 is 4.39 Å². The van der Waals surface area contributed by atoms with Gasteiger partial charge in [0.2, 0.25) is 0 Å². The van der Waals surface area contributed by atoms with E-state index in [0.29, 0.717) is 52.5 Å². The molecular weight excluding hydrogens is 505 g/mol. The number of alkyl halides is 2. The fourth-order valence-electron chi connectivity index (χ4n) is 5.15. The Morgan fingerprint density at radius 2 is 1.85 bits per heavy atom. The summed E-state index contributed by atoms with van der Waals surface area (Å²) in [6.07, 6.45) is 8.12. The van der Waals surface area contributed by atoms with Crippen molar-refractivity contribution in [1.29, 1.82) is 0 Å². The van der Waals surface area contributed by atoms with Gasteiger partial charge in [0.25, 0.3) is 5.92 Å². The van der Waals surface area contributed by atoms with Crippen LogP contribution in [-0.2, 0) is 6.54 Å². The Balaban J connectivity index is 1.28. The molecule has 0 unspecified atom stereocenters. The van der Waals surface area contributed by atoms with Gasteiger partial charge >= 0.3 is 0 Å². The minimum absolute atomic E-state index is 0.156. The summed E-state index contributed by atoms with van der Waals surface area (Å²) >= 11 is 0. The minimum Gasteiger partial charge on any atom is -0.336 e. The number of benzene rings is 1. The predicted molar refractivity (Wildman–Crippen MR) is 140 cm³/mol. The van der Waals surface area contributed by atoms with Crippen LogP contribution in [0.1, 0.15) is 12.0 Å². The van der Waals surface area contributed by atoms with Crippen molar-refractivity contribution in [2.75, 3.05) is 13.1 Å². The second-order valence-electron chi connectivity index (χ2n) is 9.70. The van der Waals surface area contributed by atoms with Crippen LogP contribution in [0.5, 0.6) is 0 Å². The number of rotatable bonds is 5. The largest absolute Gasteiger partial charge is 0.336 e. The van der Waals surface area contributed by atoms with Crippen LogP contribution in [0.15, 0.2) is 67.4 Å². The minimum atomic E-state index is -2.68. The smallest absolute Gasteiger partial charge is 0.261 e. The van der Waals surface area contributed by atoms with Gasteiger partial charge in [-0.2, -0.15) is 5.10 Å². The van der Waals surface area contributed by atoms with Crippen molar-refractivity contribution < 1.29 is 13.2 Å². The first kappa shape index (κ1) is 23.5. The monoisotopic (exact) mass is 526 g/mol. The highest BCUT2D eigenvalue weighted by molar-refractivity contribution is 5.98. The molecule has 1 saturated heterocycles. The van der Waals surface area contributed by atoms with Gasteiger partial charge in [0.15, 0.2) is 5.82 Å². The third-order valence-corrected chi connectivity index (χ3v) is 6.99. The number of nitrogens with zero attached hydrogens (tertiary/aromatic N) is 6. The summed E-state index contributed by atoms with van der Waals surface area (Å²) in [6.45, 7) is 0.348. The second kappa shape index (κ2) is 8.98. The summed E-state index contributed by atoms with van der Waals surface area (Å²) < 4.78 is 43.4. The molecule has 0 bridgehead atoms. The molecule has 1 aromatic carbocycles. The van der Waals surface area contributed by atoms with Crippen molar-refractivity contribution in [2.24, 2.45) is 0 Å². The molecule has 0 atom stereocenters. The first-order valence-corrected chi connectivity index (χ1v) is 12.4. The average Bonchev–Trinajstić information content (AvgIpc) is 3.65. The fraction of sp³-hybridized carbons (Fsp3) is 0.179. The summed E-state index contributed by atoms with van der Waals surface area (Å²) in [5.74, 6) is -2.76. The Hall–Kier alpha value is -4.64. The molecule has 11 heteroatoms. The van der Waals surface area contributed by atoms with E-state index in [1.54, 1.807) is 60.1 Å². The molecule has 5 aromatic heterocycles. The Kier molecular flexibility index (Phi) is 5.41. The van der Waals surface area contributed by atoms with Gasteiger partial charge in [-0.3, -0.25) is 25.0 Å². The zero-order valence-corrected chi connectivity index (χ0v) is 20.5. The number of hydrogen-bond acceptors (Lipinski definition) is 6. The molecule has 2 N–H and O–H groups in total. The zero-order valence-electron chi connectivity index (χ0n) is 20.5. The molecule has 0 amide bonds. The van der Waals surface area contributed by atoms with Crippen molar-refractivity contribution in [3.05, 3.63) is 78.8 Å². The number of aromatic nitrogens is 7. The zero-order chi connectivity index (χ0) is 26.6. The summed E-state index contributed by atoms with van der Waals surface area (Å²) in [5, 5.41) is 7.55. The molecule has 194 valence electrons. The van der Waals surface area contributed by atoms with Crippen LogP contribution < -0.4 is 0 Å². The normalized spacial score (nSPS) is 15.5. The first-order valence-electron chi connectivity index (χ1n) is 12.4. The van der Waals surface area contributed by atoms with Gasteiger partial charge in [-0.15, -0.1) is 0 Å². The average molecular weight is 527 g/mol. The lowest BCUT2D eigenvalue weighted by Gasteiger charge is -2.16. The third kappa shape index (κ3) is 4.20. The van der Waals surface area contributed by atoms with E-state index in [-0.39, 0.29) is 18.4 Å². The van der Waals surface area contributed by atoms with Crippen molar-refractivity contribution in [3.8, 4) is 33.9 Å². The van der Waals surface area contributed by atoms with E-state index in [9.17, 15) is 8.78 Å². The number of aromatic amines is 2. The van der Waals surface area contributed by atoms with Crippen LogP contribution in [0.25, 0.3) is 55.8 Å². The fourth-order valence-corrected chi connectivity index (χ4v) is 5.15. The highest BCUT2D eigenvalue weighted by Crippen LogP contribution is 2.35. The van der Waals surface area contributed by atoms with Gasteiger partial charge in [-0.1, -0.05) is 0 Å². The molecule has 0 saturated carbocycles. The summed E-state index contributed by atoms with van der Waals surface area (Å²) in [6, 6.07) is 10.7. The van der Waals surface area contributed by atoms with Crippen LogP contribution in [0.3, 0.4) is 0 Å². The lowest BCUT2D eigenvalue weighted by atomic mass is 10.0. The van der Waals surface area contributed by atoms with Crippen molar-refractivity contribution >= 4 is 21.9 Å². The molecule has 6 aromatic rings. The van der Waals surface area contributed by atoms with Gasteiger partial charge in [0.1, 0.15) is 17.0 Å². The number of nitrogens with one attached hydrogen (secondary N) is 2. The maximum atomic E-state index is 16.1. The number of fused-ring (bicyclic) bond motifs is 2. The third-order valence-electron chi connectivity index (χ3n) is 6.99. The molecule has 0 aliphatic carbocycles. The maximum absolute atomic E-state index is 16.1. The molecular formula is C28H21F3N8. The molecule has 39 heavy (non-hydrogen) atoms. The van der Waals surface area contributed by atoms with Crippen molar-refractivity contribution in [3.63, 3.8) is 0 Å². The lowest BCUT2D eigenvalue weighted by Crippen LogP contribution is -2.24. The molecule has 8 nitrogen and oxygen atoms in total. The van der Waals surface area contributed by atoms with Gasteiger partial charge in [0.05, 0.1) is 28.7 Å². The van der Waals surface area contributed by atoms with E-state index in [1.165, 1.54) is 0 Å². The van der Waals surface area contributed by atoms with Crippen molar-refractivity contribution in [2.45, 2.75) is 18.9 Å². The predicted octanol–water partition coefficient (Wildman–Crippen LogP) is 5.61. The quantitative estimate of drug-likeness (QED) is 0.303. The molecule has 0 radical (unpaired) electrons. The van der Waals surface area contributed by atoms with Crippen LogP contribution in [-0.4, -0.2) is 59.0 Å². The number of imidazole rings is 1. The number of likely N-dealkylation sites (tertiary alicyclic amines) is 1. The molecule has 7 rings (SSSR count). The second-order valence-corrected chi connectivity index (χ2v) is 9.70. The SMILES string of the molecule is Fc1c(-c2cncc(CN3CCC(F)(F)C3)c2)ccc2[nH]nc(-c3nc4c(-c5cccnc5)nccc4[nH]3)c12. The summed E-state index contributed by atoms with van der Waals surface area (Å²) in [5.41, 5.74) is 5.30. The standard InChI is InChI=1S/C28H21F3N8/c29-23-19(18-10-16(11-33-13-18)14-39-9-6-28(30,31)15-39)3-4-20-22(23)26(38-37-20)27-35-21-5-8-34-24(25(21)36-27)17-2-1-7-32-12-17/h1-5,7-8,10-13H,6,9,14-15H2,(H,35,36)(H,37,38). The number of pyridine rings is 3. The maximum Gasteiger partial charge on any atom is 0.261 e. The van der Waals surface area contributed by atoms with Gasteiger partial charge in [-0.25, -0.2) is 18.2 Å². The van der Waals surface area contributed by atoms with Crippen LogP contribution in [0.4, 0.5) is 13.2 Å². The topological polar surface area (TPSA) is 99.3 Å². The van der Waals surface area contributed by atoms with E-state index < -0.39 is 11.7 Å². The van der Waals surface area contributed by atoms with E-state index in [4.69, 9.17) is 4.98 Å². The van der Waals surface area contributed by atoms with Gasteiger partial charge < -0.3 is 4.98 Å². The first-order chi connectivity index (χ1) is 18.9. The molecule has 0 spiro atoms. The van der Waals surface area contributed by atoms with E-state index in [2.05, 4.69) is 30.1 Å². The van der Waals surface area contributed by atoms with E-state index in [0.717, 1.165) is 16.6 Å². The summed E-state index contributed by atoms with van der Waals surface area (Å²) in [7, 11) is 0. The van der Waals surface area contributed by atoms with Gasteiger partial charge in [-0.05, 0) is 42.0 Å². The highest BCUT2D eigenvalue weighted by Gasteiger charge is 2.38.